The number of hydrogen-bond acceptors (Lipinski definition) is 7. The highest BCUT2D eigenvalue weighted by Gasteiger charge is 2.25. The third-order valence-electron chi connectivity index (χ3n) is 5.38. The Hall–Kier alpha value is -2.28. The maximum atomic E-state index is 4.49. The molecule has 7 heteroatoms. The first-order chi connectivity index (χ1) is 12.2. The van der Waals surface area contributed by atoms with Crippen LogP contribution in [0.1, 0.15) is 24.1 Å². The van der Waals surface area contributed by atoms with Crippen LogP contribution in [0.15, 0.2) is 24.7 Å². The van der Waals surface area contributed by atoms with Crippen LogP contribution in [-0.4, -0.2) is 64.8 Å². The van der Waals surface area contributed by atoms with E-state index < -0.39 is 0 Å². The summed E-state index contributed by atoms with van der Waals surface area (Å²) >= 11 is 0. The minimum absolute atomic E-state index is 0.503. The van der Waals surface area contributed by atoms with E-state index >= 15 is 0 Å². The molecule has 132 valence electrons. The molecule has 0 unspecified atom stereocenters. The van der Waals surface area contributed by atoms with E-state index in [-0.39, 0.29) is 0 Å². The SMILES string of the molecule is CN1CCc2nnc(N3CCC(N(C)c4ccncn4)CC3)cc2C1. The van der Waals surface area contributed by atoms with Gasteiger partial charge in [-0.05, 0) is 37.6 Å². The van der Waals surface area contributed by atoms with E-state index in [2.05, 4.69) is 55.0 Å². The van der Waals surface area contributed by atoms with Gasteiger partial charge >= 0.3 is 0 Å². The summed E-state index contributed by atoms with van der Waals surface area (Å²) in [6.07, 6.45) is 6.61. The van der Waals surface area contributed by atoms with Crippen LogP contribution < -0.4 is 9.80 Å². The fourth-order valence-electron chi connectivity index (χ4n) is 3.77. The van der Waals surface area contributed by atoms with Crippen molar-refractivity contribution < 1.29 is 0 Å². The summed E-state index contributed by atoms with van der Waals surface area (Å²) < 4.78 is 0. The summed E-state index contributed by atoms with van der Waals surface area (Å²) in [6, 6.07) is 4.72. The maximum absolute atomic E-state index is 4.49. The Morgan fingerprint density at radius 3 is 2.76 bits per heavy atom. The zero-order valence-electron chi connectivity index (χ0n) is 15.0. The topological polar surface area (TPSA) is 61.3 Å². The lowest BCUT2D eigenvalue weighted by Crippen LogP contribution is -2.44. The Balaban J connectivity index is 1.41. The third-order valence-corrected chi connectivity index (χ3v) is 5.38. The van der Waals surface area contributed by atoms with Gasteiger partial charge in [0.1, 0.15) is 12.1 Å². The van der Waals surface area contributed by atoms with E-state index in [0.717, 1.165) is 57.1 Å². The predicted molar refractivity (Wildman–Crippen MR) is 97.7 cm³/mol. The van der Waals surface area contributed by atoms with Crippen LogP contribution in [0.3, 0.4) is 0 Å². The molecule has 0 aliphatic carbocycles. The molecule has 7 nitrogen and oxygen atoms in total. The second-order valence-electron chi connectivity index (χ2n) is 7.06. The van der Waals surface area contributed by atoms with Crippen LogP contribution >= 0.6 is 0 Å². The number of anilines is 2. The van der Waals surface area contributed by atoms with Crippen molar-refractivity contribution in [2.45, 2.75) is 31.8 Å². The maximum Gasteiger partial charge on any atom is 0.151 e. The molecule has 0 bridgehead atoms. The lowest BCUT2D eigenvalue weighted by atomic mass is 10.0. The monoisotopic (exact) mass is 339 g/mol. The summed E-state index contributed by atoms with van der Waals surface area (Å²) in [4.78, 5) is 15.3. The Morgan fingerprint density at radius 1 is 1.16 bits per heavy atom. The number of hydrogen-bond donors (Lipinski definition) is 0. The summed E-state index contributed by atoms with van der Waals surface area (Å²) in [5.74, 6) is 2.02. The Labute approximate surface area is 148 Å². The first-order valence-electron chi connectivity index (χ1n) is 8.98. The van der Waals surface area contributed by atoms with Crippen LogP contribution in [0, 0.1) is 0 Å². The molecular weight excluding hydrogens is 314 g/mol. The Kier molecular flexibility index (Phi) is 4.48. The summed E-state index contributed by atoms with van der Waals surface area (Å²) in [6.45, 7) is 4.05. The molecule has 0 atom stereocenters. The van der Waals surface area contributed by atoms with Crippen molar-refractivity contribution in [3.8, 4) is 0 Å². The van der Waals surface area contributed by atoms with Crippen molar-refractivity contribution >= 4 is 11.6 Å². The minimum atomic E-state index is 0.503. The predicted octanol–water partition coefficient (Wildman–Crippen LogP) is 1.36. The van der Waals surface area contributed by atoms with Gasteiger partial charge in [0.25, 0.3) is 0 Å². The van der Waals surface area contributed by atoms with Gasteiger partial charge in [-0.25, -0.2) is 9.97 Å². The van der Waals surface area contributed by atoms with E-state index in [1.807, 2.05) is 6.07 Å². The summed E-state index contributed by atoms with van der Waals surface area (Å²) in [5, 5.41) is 8.98. The molecule has 4 heterocycles. The fraction of sp³-hybridized carbons (Fsp3) is 0.556. The zero-order chi connectivity index (χ0) is 17.2. The van der Waals surface area contributed by atoms with Gasteiger partial charge in [-0.3, -0.25) is 0 Å². The molecule has 4 rings (SSSR count). The molecule has 2 aliphatic rings. The molecule has 2 aromatic heterocycles. The lowest BCUT2D eigenvalue weighted by Gasteiger charge is -2.37. The van der Waals surface area contributed by atoms with Crippen molar-refractivity contribution in [1.82, 2.24) is 25.1 Å². The number of aromatic nitrogens is 4. The number of rotatable bonds is 3. The molecule has 2 aromatic rings. The molecule has 0 saturated carbocycles. The molecule has 1 saturated heterocycles. The zero-order valence-corrected chi connectivity index (χ0v) is 15.0. The van der Waals surface area contributed by atoms with E-state index in [4.69, 9.17) is 0 Å². The van der Waals surface area contributed by atoms with Crippen molar-refractivity contribution in [3.05, 3.63) is 35.9 Å². The molecule has 0 N–H and O–H groups in total. The van der Waals surface area contributed by atoms with Crippen molar-refractivity contribution in [3.63, 3.8) is 0 Å². The molecule has 0 aromatic carbocycles. The van der Waals surface area contributed by atoms with Gasteiger partial charge in [-0.15, -0.1) is 5.10 Å². The average Bonchev–Trinajstić information content (AvgIpc) is 2.67. The van der Waals surface area contributed by atoms with E-state index in [0.29, 0.717) is 6.04 Å². The molecule has 0 amide bonds. The van der Waals surface area contributed by atoms with Crippen LogP contribution in [-0.2, 0) is 13.0 Å². The van der Waals surface area contributed by atoms with E-state index in [9.17, 15) is 0 Å². The Morgan fingerprint density at radius 2 is 2.00 bits per heavy atom. The molecule has 1 fully saturated rings. The number of fused-ring (bicyclic) bond motifs is 1. The largest absolute Gasteiger partial charge is 0.356 e. The van der Waals surface area contributed by atoms with Gasteiger partial charge in [0.15, 0.2) is 5.82 Å². The molecule has 25 heavy (non-hydrogen) atoms. The van der Waals surface area contributed by atoms with Gasteiger partial charge in [0, 0.05) is 51.9 Å². The highest BCUT2D eigenvalue weighted by molar-refractivity contribution is 5.43. The van der Waals surface area contributed by atoms with Crippen LogP contribution in [0.25, 0.3) is 0 Å². The number of nitrogens with zero attached hydrogens (tertiary/aromatic N) is 7. The Bertz CT molecular complexity index is 713. The van der Waals surface area contributed by atoms with Gasteiger partial charge in [-0.1, -0.05) is 0 Å². The quantitative estimate of drug-likeness (QED) is 0.837. The van der Waals surface area contributed by atoms with Gasteiger partial charge in [-0.2, -0.15) is 5.10 Å². The van der Waals surface area contributed by atoms with Crippen LogP contribution in [0.5, 0.6) is 0 Å². The lowest BCUT2D eigenvalue weighted by molar-refractivity contribution is 0.308. The van der Waals surface area contributed by atoms with Crippen molar-refractivity contribution in [2.75, 3.05) is 43.5 Å². The van der Waals surface area contributed by atoms with Crippen LogP contribution in [0.2, 0.25) is 0 Å². The molecular formula is C18H25N7. The van der Waals surface area contributed by atoms with Crippen LogP contribution in [0.4, 0.5) is 11.6 Å². The van der Waals surface area contributed by atoms with Gasteiger partial charge in [0.05, 0.1) is 5.69 Å². The molecule has 0 radical (unpaired) electrons. The van der Waals surface area contributed by atoms with Crippen molar-refractivity contribution in [2.24, 2.45) is 0 Å². The van der Waals surface area contributed by atoms with E-state index in [1.54, 1.807) is 12.5 Å². The molecule has 2 aliphatic heterocycles. The fourth-order valence-corrected chi connectivity index (χ4v) is 3.77. The number of piperidine rings is 1. The second kappa shape index (κ2) is 6.92. The smallest absolute Gasteiger partial charge is 0.151 e. The average molecular weight is 339 g/mol. The standard InChI is InChI=1S/C18H25N7/c1-23-8-6-16-14(12-23)11-18(22-21-16)25-9-4-15(5-10-25)24(2)17-3-7-19-13-20-17/h3,7,11,13,15H,4-6,8-10,12H2,1-2H3. The molecule has 0 spiro atoms. The second-order valence-corrected chi connectivity index (χ2v) is 7.06. The third kappa shape index (κ3) is 3.42. The number of likely N-dealkylation sites (N-methyl/N-ethyl adjacent to an activating group) is 1. The highest BCUT2D eigenvalue weighted by atomic mass is 15.3. The van der Waals surface area contributed by atoms with E-state index in [1.165, 1.54) is 11.3 Å². The first-order valence-corrected chi connectivity index (χ1v) is 8.98. The minimum Gasteiger partial charge on any atom is -0.356 e. The highest BCUT2D eigenvalue weighted by Crippen LogP contribution is 2.25. The summed E-state index contributed by atoms with van der Waals surface area (Å²) in [7, 11) is 4.29. The normalized spacial score (nSPS) is 18.9. The first kappa shape index (κ1) is 16.2. The summed E-state index contributed by atoms with van der Waals surface area (Å²) in [5.41, 5.74) is 2.50. The van der Waals surface area contributed by atoms with Crippen molar-refractivity contribution in [1.29, 1.82) is 0 Å². The van der Waals surface area contributed by atoms with Gasteiger partial charge < -0.3 is 14.7 Å². The van der Waals surface area contributed by atoms with Gasteiger partial charge in [0.2, 0.25) is 0 Å².